The number of rotatable bonds is 3. The second-order valence-corrected chi connectivity index (χ2v) is 6.61. The normalized spacial score (nSPS) is 14.2. The lowest BCUT2D eigenvalue weighted by Crippen LogP contribution is -2.35. The molecule has 2 rings (SSSR count). The van der Waals surface area contributed by atoms with E-state index in [0.717, 1.165) is 20.1 Å². The lowest BCUT2D eigenvalue weighted by molar-refractivity contribution is 0.488. The molecule has 0 radical (unpaired) electrons. The van der Waals surface area contributed by atoms with Crippen molar-refractivity contribution in [3.8, 4) is 0 Å². The summed E-state index contributed by atoms with van der Waals surface area (Å²) >= 11 is 6.88. The number of halogens is 3. The average molecular weight is 387 g/mol. The fourth-order valence-electron chi connectivity index (χ4n) is 2.02. The van der Waals surface area contributed by atoms with E-state index in [1.807, 2.05) is 31.2 Å². The summed E-state index contributed by atoms with van der Waals surface area (Å²) in [5.41, 5.74) is 7.72. The third-order valence-corrected chi connectivity index (χ3v) is 4.32. The van der Waals surface area contributed by atoms with E-state index in [1.54, 1.807) is 6.07 Å². The van der Waals surface area contributed by atoms with E-state index in [1.165, 1.54) is 12.1 Å². The molecule has 1 unspecified atom stereocenters. The summed E-state index contributed by atoms with van der Waals surface area (Å²) in [4.78, 5) is 0. The molecule has 0 bridgehead atoms. The molecule has 0 aliphatic rings. The van der Waals surface area contributed by atoms with Gasteiger partial charge in [-0.3, -0.25) is 0 Å². The second kappa shape index (κ2) is 5.73. The Morgan fingerprint density at radius 3 is 2.58 bits per heavy atom. The Kier molecular flexibility index (Phi) is 4.43. The Morgan fingerprint density at radius 1 is 1.16 bits per heavy atom. The molecule has 0 saturated carbocycles. The van der Waals surface area contributed by atoms with Crippen LogP contribution in [0.5, 0.6) is 0 Å². The second-order valence-electron chi connectivity index (χ2n) is 4.84. The summed E-state index contributed by atoms with van der Waals surface area (Å²) in [5, 5.41) is 0. The predicted octanol–water partition coefficient (Wildman–Crippen LogP) is 4.77. The minimum Gasteiger partial charge on any atom is -0.321 e. The summed E-state index contributed by atoms with van der Waals surface area (Å²) in [5.74, 6) is -0.247. The van der Waals surface area contributed by atoms with Crippen molar-refractivity contribution in [1.29, 1.82) is 0 Å². The molecule has 0 aromatic heterocycles. The van der Waals surface area contributed by atoms with Gasteiger partial charge in [0, 0.05) is 14.5 Å². The van der Waals surface area contributed by atoms with Gasteiger partial charge in [0.15, 0.2) is 0 Å². The highest BCUT2D eigenvalue weighted by Crippen LogP contribution is 2.28. The van der Waals surface area contributed by atoms with Gasteiger partial charge in [0.05, 0.1) is 0 Å². The van der Waals surface area contributed by atoms with Crippen LogP contribution >= 0.6 is 31.9 Å². The van der Waals surface area contributed by atoms with E-state index in [4.69, 9.17) is 5.73 Å². The van der Waals surface area contributed by atoms with Gasteiger partial charge in [-0.15, -0.1) is 0 Å². The molecule has 1 nitrogen and oxygen atoms in total. The van der Waals surface area contributed by atoms with Crippen LogP contribution in [0.4, 0.5) is 4.39 Å². The van der Waals surface area contributed by atoms with Crippen LogP contribution < -0.4 is 5.73 Å². The van der Waals surface area contributed by atoms with Crippen LogP contribution in [-0.2, 0) is 12.0 Å². The fraction of sp³-hybridized carbons (Fsp3) is 0.200. The zero-order valence-corrected chi connectivity index (χ0v) is 13.6. The fourth-order valence-corrected chi connectivity index (χ4v) is 2.81. The third kappa shape index (κ3) is 3.65. The molecule has 100 valence electrons. The first-order chi connectivity index (χ1) is 8.88. The van der Waals surface area contributed by atoms with Crippen molar-refractivity contribution < 1.29 is 4.39 Å². The molecule has 0 fully saturated rings. The van der Waals surface area contributed by atoms with E-state index >= 15 is 0 Å². The highest BCUT2D eigenvalue weighted by atomic mass is 79.9. The SMILES string of the molecule is CC(N)(Cc1cc(F)ccc1Br)c1cccc(Br)c1. The van der Waals surface area contributed by atoms with Gasteiger partial charge in [-0.2, -0.15) is 0 Å². The van der Waals surface area contributed by atoms with Crippen LogP contribution in [0, 0.1) is 5.82 Å². The lowest BCUT2D eigenvalue weighted by atomic mass is 9.86. The Morgan fingerprint density at radius 2 is 1.89 bits per heavy atom. The molecule has 2 N–H and O–H groups in total. The third-order valence-electron chi connectivity index (χ3n) is 3.05. The van der Waals surface area contributed by atoms with Crippen molar-refractivity contribution in [1.82, 2.24) is 0 Å². The quantitative estimate of drug-likeness (QED) is 0.807. The van der Waals surface area contributed by atoms with Gasteiger partial charge in [-0.1, -0.05) is 44.0 Å². The number of benzene rings is 2. The first-order valence-electron chi connectivity index (χ1n) is 5.87. The summed E-state index contributed by atoms with van der Waals surface area (Å²) in [6.45, 7) is 1.95. The largest absolute Gasteiger partial charge is 0.321 e. The summed E-state index contributed by atoms with van der Waals surface area (Å²) in [6, 6.07) is 12.5. The molecular weight excluding hydrogens is 373 g/mol. The smallest absolute Gasteiger partial charge is 0.123 e. The molecule has 0 aliphatic heterocycles. The summed E-state index contributed by atoms with van der Waals surface area (Å²) < 4.78 is 15.2. The van der Waals surface area contributed by atoms with Crippen molar-refractivity contribution in [2.45, 2.75) is 18.9 Å². The Hall–Kier alpha value is -0.710. The maximum Gasteiger partial charge on any atom is 0.123 e. The van der Waals surface area contributed by atoms with Crippen molar-refractivity contribution >= 4 is 31.9 Å². The highest BCUT2D eigenvalue weighted by Gasteiger charge is 2.23. The maximum absolute atomic E-state index is 13.3. The standard InChI is InChI=1S/C15H14Br2FN/c1-15(19,11-3-2-4-12(16)8-11)9-10-7-13(18)5-6-14(10)17/h2-8H,9,19H2,1H3. The van der Waals surface area contributed by atoms with Crippen LogP contribution in [0.3, 0.4) is 0 Å². The van der Waals surface area contributed by atoms with Gasteiger partial charge in [0.1, 0.15) is 5.82 Å². The van der Waals surface area contributed by atoms with Gasteiger partial charge in [-0.25, -0.2) is 4.39 Å². The van der Waals surface area contributed by atoms with Crippen LogP contribution in [-0.4, -0.2) is 0 Å². The molecule has 0 heterocycles. The van der Waals surface area contributed by atoms with Crippen LogP contribution in [0.25, 0.3) is 0 Å². The number of hydrogen-bond acceptors (Lipinski definition) is 1. The molecule has 2 aromatic carbocycles. The maximum atomic E-state index is 13.3. The Bertz CT molecular complexity index is 596. The van der Waals surface area contributed by atoms with Crippen molar-refractivity contribution in [2.24, 2.45) is 5.73 Å². The molecule has 1 atom stereocenters. The average Bonchev–Trinajstić information content (AvgIpc) is 2.33. The number of hydrogen-bond donors (Lipinski definition) is 1. The van der Waals surface area contributed by atoms with E-state index in [2.05, 4.69) is 31.9 Å². The van der Waals surface area contributed by atoms with E-state index in [9.17, 15) is 4.39 Å². The topological polar surface area (TPSA) is 26.0 Å². The first kappa shape index (κ1) is 14.7. The summed E-state index contributed by atoms with van der Waals surface area (Å²) in [7, 11) is 0. The molecular formula is C15H14Br2FN. The highest BCUT2D eigenvalue weighted by molar-refractivity contribution is 9.10. The Balaban J connectivity index is 2.33. The number of nitrogens with two attached hydrogens (primary N) is 1. The van der Waals surface area contributed by atoms with Gasteiger partial charge in [0.2, 0.25) is 0 Å². The molecule has 2 aromatic rings. The van der Waals surface area contributed by atoms with E-state index in [0.29, 0.717) is 6.42 Å². The molecule has 4 heteroatoms. The van der Waals surface area contributed by atoms with E-state index in [-0.39, 0.29) is 5.82 Å². The predicted molar refractivity (Wildman–Crippen MR) is 83.5 cm³/mol. The zero-order valence-electron chi connectivity index (χ0n) is 10.5. The molecule has 19 heavy (non-hydrogen) atoms. The first-order valence-corrected chi connectivity index (χ1v) is 7.46. The van der Waals surface area contributed by atoms with Crippen LogP contribution in [0.15, 0.2) is 51.4 Å². The van der Waals surface area contributed by atoms with Crippen molar-refractivity contribution in [3.05, 3.63) is 68.4 Å². The van der Waals surface area contributed by atoms with Crippen LogP contribution in [0.2, 0.25) is 0 Å². The van der Waals surface area contributed by atoms with Gasteiger partial charge in [-0.05, 0) is 54.8 Å². The molecule has 0 amide bonds. The molecule has 0 spiro atoms. The van der Waals surface area contributed by atoms with Gasteiger partial charge < -0.3 is 5.73 Å². The minimum absolute atomic E-state index is 0.247. The van der Waals surface area contributed by atoms with Crippen LogP contribution in [0.1, 0.15) is 18.1 Å². The van der Waals surface area contributed by atoms with Crippen molar-refractivity contribution in [3.63, 3.8) is 0 Å². The van der Waals surface area contributed by atoms with Gasteiger partial charge >= 0.3 is 0 Å². The molecule has 0 aliphatic carbocycles. The monoisotopic (exact) mass is 385 g/mol. The molecule has 0 saturated heterocycles. The van der Waals surface area contributed by atoms with Crippen molar-refractivity contribution in [2.75, 3.05) is 0 Å². The summed E-state index contributed by atoms with van der Waals surface area (Å²) in [6.07, 6.45) is 0.557. The lowest BCUT2D eigenvalue weighted by Gasteiger charge is -2.26. The Labute approximate surface area is 129 Å². The minimum atomic E-state index is -0.555. The van der Waals surface area contributed by atoms with E-state index < -0.39 is 5.54 Å². The zero-order chi connectivity index (χ0) is 14.0. The van der Waals surface area contributed by atoms with Gasteiger partial charge in [0.25, 0.3) is 0 Å².